The highest BCUT2D eigenvalue weighted by Gasteiger charge is 2.41. The summed E-state index contributed by atoms with van der Waals surface area (Å²) < 4.78 is 47.0. The summed E-state index contributed by atoms with van der Waals surface area (Å²) in [5.74, 6) is 0.783. The molecule has 1 atom stereocenters. The third-order valence-electron chi connectivity index (χ3n) is 7.44. The first-order valence-corrected chi connectivity index (χ1v) is 13.9. The quantitative estimate of drug-likeness (QED) is 0.311. The van der Waals surface area contributed by atoms with E-state index < -0.39 is 18.1 Å². The molecular weight excluding hydrogens is 501 g/mol. The van der Waals surface area contributed by atoms with Crippen molar-refractivity contribution in [3.05, 3.63) is 65.5 Å². The predicted molar refractivity (Wildman–Crippen MR) is 149 cm³/mol. The molecule has 0 spiro atoms. The van der Waals surface area contributed by atoms with E-state index in [0.717, 1.165) is 42.1 Å². The van der Waals surface area contributed by atoms with Crippen LogP contribution in [-0.2, 0) is 11.8 Å². The molecular formula is C32H39F3N2O2. The molecule has 1 aliphatic carbocycles. The van der Waals surface area contributed by atoms with Crippen LogP contribution >= 0.6 is 0 Å². The van der Waals surface area contributed by atoms with Crippen LogP contribution in [0.2, 0.25) is 0 Å². The third kappa shape index (κ3) is 7.52. The van der Waals surface area contributed by atoms with Crippen molar-refractivity contribution in [1.82, 2.24) is 10.3 Å². The van der Waals surface area contributed by atoms with Crippen molar-refractivity contribution in [2.24, 2.45) is 11.8 Å². The number of hydrogen-bond donors (Lipinski definition) is 1. The second kappa shape index (κ2) is 11.6. The van der Waals surface area contributed by atoms with Crippen molar-refractivity contribution < 1.29 is 22.7 Å². The first-order valence-electron chi connectivity index (χ1n) is 13.9. The maximum atomic E-state index is 13.6. The maximum Gasteiger partial charge on any atom is 0.408 e. The Morgan fingerprint density at radius 3 is 2.23 bits per heavy atom. The number of aromatic nitrogens is 1. The Bertz CT molecular complexity index is 1290. The molecule has 1 N–H and O–H groups in total. The van der Waals surface area contributed by atoms with E-state index in [1.807, 2.05) is 30.3 Å². The zero-order valence-electron chi connectivity index (χ0n) is 23.5. The Morgan fingerprint density at radius 2 is 1.64 bits per heavy atom. The van der Waals surface area contributed by atoms with E-state index in [2.05, 4.69) is 43.2 Å². The number of amides is 1. The molecule has 1 aromatic heterocycles. The number of halogens is 3. The van der Waals surface area contributed by atoms with Crippen molar-refractivity contribution in [3.63, 3.8) is 0 Å². The van der Waals surface area contributed by atoms with Crippen LogP contribution in [0.15, 0.2) is 48.5 Å². The summed E-state index contributed by atoms with van der Waals surface area (Å²) in [4.78, 5) is 17.7. The SMILES string of the molecule is CC(C)C[C@H](NC(=O)c1cc2ccc(Oc3ccc(C(C)(C)C)cc3)cc2c(CC2CCCC2)n1)C(F)(F)F. The van der Waals surface area contributed by atoms with Gasteiger partial charge in [-0.1, -0.05) is 78.5 Å². The number of pyridine rings is 1. The summed E-state index contributed by atoms with van der Waals surface area (Å²) >= 11 is 0. The normalized spacial score (nSPS) is 15.6. The molecule has 4 rings (SSSR count). The van der Waals surface area contributed by atoms with Gasteiger partial charge in [0.15, 0.2) is 0 Å². The second-order valence-corrected chi connectivity index (χ2v) is 12.3. The molecule has 0 aliphatic heterocycles. The van der Waals surface area contributed by atoms with Gasteiger partial charge in [0.2, 0.25) is 0 Å². The van der Waals surface area contributed by atoms with Crippen molar-refractivity contribution in [1.29, 1.82) is 0 Å². The summed E-state index contributed by atoms with van der Waals surface area (Å²) in [5.41, 5.74) is 2.00. The fourth-order valence-electron chi connectivity index (χ4n) is 5.26. The topological polar surface area (TPSA) is 51.2 Å². The lowest BCUT2D eigenvalue weighted by atomic mass is 9.87. The summed E-state index contributed by atoms with van der Waals surface area (Å²) in [6.45, 7) is 9.89. The van der Waals surface area contributed by atoms with Crippen LogP contribution in [0, 0.1) is 11.8 Å². The van der Waals surface area contributed by atoms with Gasteiger partial charge in [-0.3, -0.25) is 4.79 Å². The molecule has 0 unspecified atom stereocenters. The molecule has 39 heavy (non-hydrogen) atoms. The van der Waals surface area contributed by atoms with Gasteiger partial charge in [0.25, 0.3) is 5.91 Å². The van der Waals surface area contributed by atoms with E-state index in [-0.39, 0.29) is 23.4 Å². The average Bonchev–Trinajstić information content (AvgIpc) is 3.36. The summed E-state index contributed by atoms with van der Waals surface area (Å²) in [5, 5.41) is 3.81. The van der Waals surface area contributed by atoms with Gasteiger partial charge in [0.05, 0.1) is 0 Å². The van der Waals surface area contributed by atoms with Gasteiger partial charge < -0.3 is 10.1 Å². The van der Waals surface area contributed by atoms with Crippen molar-refractivity contribution >= 4 is 16.7 Å². The minimum atomic E-state index is -4.53. The van der Waals surface area contributed by atoms with Gasteiger partial charge in [-0.2, -0.15) is 13.2 Å². The lowest BCUT2D eigenvalue weighted by Gasteiger charge is -2.23. The number of nitrogens with zero attached hydrogens (tertiary/aromatic N) is 1. The minimum absolute atomic E-state index is 0.0138. The molecule has 1 aliphatic rings. The fraction of sp³-hybridized carbons (Fsp3) is 0.500. The van der Waals surface area contributed by atoms with Gasteiger partial charge in [0, 0.05) is 11.1 Å². The number of benzene rings is 2. The Labute approximate surface area is 229 Å². The molecule has 0 radical (unpaired) electrons. The fourth-order valence-corrected chi connectivity index (χ4v) is 5.26. The van der Waals surface area contributed by atoms with Crippen LogP contribution < -0.4 is 10.1 Å². The Kier molecular flexibility index (Phi) is 8.57. The van der Waals surface area contributed by atoms with Crippen LogP contribution in [-0.4, -0.2) is 23.1 Å². The first-order chi connectivity index (χ1) is 18.3. The van der Waals surface area contributed by atoms with Gasteiger partial charge in [-0.15, -0.1) is 0 Å². The average molecular weight is 541 g/mol. The van der Waals surface area contributed by atoms with Crippen LogP contribution in [0.3, 0.4) is 0 Å². The maximum absolute atomic E-state index is 13.6. The van der Waals surface area contributed by atoms with Gasteiger partial charge >= 0.3 is 6.18 Å². The molecule has 0 saturated heterocycles. The zero-order valence-corrected chi connectivity index (χ0v) is 23.5. The molecule has 7 heteroatoms. The lowest BCUT2D eigenvalue weighted by molar-refractivity contribution is -0.156. The molecule has 2 aromatic carbocycles. The largest absolute Gasteiger partial charge is 0.457 e. The van der Waals surface area contributed by atoms with E-state index in [0.29, 0.717) is 23.8 Å². The Balaban J connectivity index is 1.65. The lowest BCUT2D eigenvalue weighted by Crippen LogP contribution is -2.46. The molecule has 0 bridgehead atoms. The number of ether oxygens (including phenoxy) is 1. The minimum Gasteiger partial charge on any atom is -0.457 e. The summed E-state index contributed by atoms with van der Waals surface area (Å²) in [6.07, 6.45) is 0.446. The highest BCUT2D eigenvalue weighted by molar-refractivity contribution is 5.97. The number of carbonyl (C=O) groups excluding carboxylic acids is 1. The summed E-state index contributed by atoms with van der Waals surface area (Å²) in [6, 6.07) is 13.3. The molecule has 4 nitrogen and oxygen atoms in total. The third-order valence-corrected chi connectivity index (χ3v) is 7.44. The van der Waals surface area contributed by atoms with E-state index >= 15 is 0 Å². The second-order valence-electron chi connectivity index (χ2n) is 12.3. The number of rotatable bonds is 8. The van der Waals surface area contributed by atoms with E-state index in [1.54, 1.807) is 19.9 Å². The van der Waals surface area contributed by atoms with E-state index in [4.69, 9.17) is 4.74 Å². The predicted octanol–water partition coefficient (Wildman–Crippen LogP) is 8.76. The molecule has 1 amide bonds. The Hall–Kier alpha value is -3.09. The highest BCUT2D eigenvalue weighted by Crippen LogP contribution is 2.34. The van der Waals surface area contributed by atoms with Crippen molar-refractivity contribution in [3.8, 4) is 11.5 Å². The number of nitrogens with one attached hydrogen (secondary N) is 1. The molecule has 1 fully saturated rings. The first kappa shape index (κ1) is 28.9. The van der Waals surface area contributed by atoms with Crippen molar-refractivity contribution in [2.45, 2.75) is 90.8 Å². The number of fused-ring (bicyclic) bond motifs is 1. The number of alkyl halides is 3. The summed E-state index contributed by atoms with van der Waals surface area (Å²) in [7, 11) is 0. The number of hydrogen-bond acceptors (Lipinski definition) is 3. The van der Waals surface area contributed by atoms with Crippen LogP contribution in [0.1, 0.15) is 88.5 Å². The molecule has 1 saturated carbocycles. The van der Waals surface area contributed by atoms with Crippen LogP contribution in [0.25, 0.3) is 10.8 Å². The van der Waals surface area contributed by atoms with E-state index in [9.17, 15) is 18.0 Å². The van der Waals surface area contributed by atoms with E-state index in [1.165, 1.54) is 5.56 Å². The standard InChI is InChI=1S/C32H39F3N2O2/c1-20(2)16-29(32(33,34)35)37-30(38)28-18-22-10-13-25(39-24-14-11-23(12-15-24)31(3,4)5)19-26(22)27(36-28)17-21-8-6-7-9-21/h10-15,18-21,29H,6-9,16-17H2,1-5H3,(H,37,38)/t29-/m0/s1. The van der Waals surface area contributed by atoms with Gasteiger partial charge in [0.1, 0.15) is 23.2 Å². The molecule has 1 heterocycles. The number of carbonyl (C=O) groups is 1. The molecule has 3 aromatic rings. The van der Waals surface area contributed by atoms with Gasteiger partial charge in [-0.25, -0.2) is 4.98 Å². The van der Waals surface area contributed by atoms with Crippen molar-refractivity contribution in [2.75, 3.05) is 0 Å². The smallest absolute Gasteiger partial charge is 0.408 e. The van der Waals surface area contributed by atoms with Crippen LogP contribution in [0.5, 0.6) is 11.5 Å². The monoisotopic (exact) mass is 540 g/mol. The van der Waals surface area contributed by atoms with Gasteiger partial charge in [-0.05, 0) is 71.4 Å². The Morgan fingerprint density at radius 1 is 1.00 bits per heavy atom. The van der Waals surface area contributed by atoms with Crippen LogP contribution in [0.4, 0.5) is 13.2 Å². The zero-order chi connectivity index (χ0) is 28.4. The molecule has 210 valence electrons. The highest BCUT2D eigenvalue weighted by atomic mass is 19.4.